The average Bonchev–Trinajstić information content (AvgIpc) is 3.27. The number of pyridine rings is 1. The Hall–Kier alpha value is -5.15. The summed E-state index contributed by atoms with van der Waals surface area (Å²) < 4.78 is 48.7. The Morgan fingerprint density at radius 3 is 1.48 bits per heavy atom. The zero-order chi connectivity index (χ0) is 43.3. The van der Waals surface area contributed by atoms with Crippen molar-refractivity contribution in [1.29, 1.82) is 0 Å². The SMILES string of the molecule is CCOC(=O)C1CCN(c2ccc(F)cc2)CC1.CCOC(=O)C1CCNCC1.Fc1ccc(Br)cc1.O=C(Nc1ccc(O)cn1)C1CCN(c2ccc(F)cc2)CC1. The van der Waals surface area contributed by atoms with Gasteiger partial charge < -0.3 is 35.0 Å². The molecule has 60 heavy (non-hydrogen) atoms. The van der Waals surface area contributed by atoms with E-state index in [-0.39, 0.29) is 58.8 Å². The molecule has 4 aromatic rings. The molecule has 3 aliphatic rings. The average molecular weight is 899 g/mol. The number of rotatable bonds is 8. The van der Waals surface area contributed by atoms with E-state index in [2.05, 4.69) is 41.3 Å². The lowest BCUT2D eigenvalue weighted by atomic mass is 9.95. The van der Waals surface area contributed by atoms with Gasteiger partial charge in [-0.05, 0) is 150 Å². The van der Waals surface area contributed by atoms with Gasteiger partial charge in [-0.15, -0.1) is 0 Å². The standard InChI is InChI=1S/C17H18FN3O2.C14H18FNO2.C8H15NO2.C6H4BrF/c18-13-1-3-14(4-2-13)21-9-7-12(8-10-21)17(23)20-16-6-5-15(22)11-19-16;1-2-18-14(17)11-7-9-16(10-8-11)13-5-3-12(15)4-6-13;1-2-11-8(10)7-3-5-9-6-4-7;7-5-1-3-6(8)4-2-5/h1-6,11-12,22H,7-10H2,(H,19,20,23);3-6,11H,2,7-10H2,1H3;7,9H,2-6H2,1H3;1-4H. The minimum absolute atomic E-state index is 0.0154. The molecular weight excluding hydrogens is 843 g/mol. The molecule has 0 bridgehead atoms. The lowest BCUT2D eigenvalue weighted by molar-refractivity contribution is -0.149. The van der Waals surface area contributed by atoms with Crippen LogP contribution in [-0.2, 0) is 23.9 Å². The number of benzene rings is 3. The quantitative estimate of drug-likeness (QED) is 0.148. The highest BCUT2D eigenvalue weighted by Crippen LogP contribution is 2.26. The van der Waals surface area contributed by atoms with E-state index in [1.807, 2.05) is 13.8 Å². The van der Waals surface area contributed by atoms with Crippen molar-refractivity contribution >= 4 is 51.0 Å². The zero-order valence-corrected chi connectivity index (χ0v) is 35.7. The van der Waals surface area contributed by atoms with Gasteiger partial charge in [0.05, 0.1) is 31.2 Å². The molecule has 3 aromatic carbocycles. The Morgan fingerprint density at radius 1 is 0.667 bits per heavy atom. The number of hydrogen-bond acceptors (Lipinski definition) is 10. The molecule has 0 radical (unpaired) electrons. The fourth-order valence-electron chi connectivity index (χ4n) is 6.77. The van der Waals surface area contributed by atoms with E-state index in [1.54, 1.807) is 42.5 Å². The second-order valence-corrected chi connectivity index (χ2v) is 15.2. The van der Waals surface area contributed by atoms with E-state index in [4.69, 9.17) is 9.47 Å². The number of esters is 2. The first-order valence-electron chi connectivity index (χ1n) is 20.4. The van der Waals surface area contributed by atoms with Crippen LogP contribution in [0.3, 0.4) is 0 Å². The first-order chi connectivity index (χ1) is 28.9. The van der Waals surface area contributed by atoms with Gasteiger partial charge in [-0.1, -0.05) is 15.9 Å². The van der Waals surface area contributed by atoms with E-state index in [0.717, 1.165) is 93.6 Å². The van der Waals surface area contributed by atoms with Gasteiger partial charge in [0.2, 0.25) is 5.91 Å². The van der Waals surface area contributed by atoms with Gasteiger partial charge in [0.15, 0.2) is 0 Å². The zero-order valence-electron chi connectivity index (χ0n) is 34.1. The molecule has 0 atom stereocenters. The number of nitrogens with zero attached hydrogens (tertiary/aromatic N) is 3. The van der Waals surface area contributed by atoms with Gasteiger partial charge in [-0.2, -0.15) is 0 Å². The van der Waals surface area contributed by atoms with E-state index >= 15 is 0 Å². The lowest BCUT2D eigenvalue weighted by Crippen LogP contribution is -2.38. The molecule has 3 N–H and O–H groups in total. The highest BCUT2D eigenvalue weighted by atomic mass is 79.9. The summed E-state index contributed by atoms with van der Waals surface area (Å²) in [5, 5.41) is 15.2. The third kappa shape index (κ3) is 16.5. The van der Waals surface area contributed by atoms with Crippen molar-refractivity contribution in [3.8, 4) is 5.75 Å². The number of aromatic nitrogens is 1. The molecule has 15 heteroatoms. The fraction of sp³-hybridized carbons (Fsp3) is 0.422. The maximum Gasteiger partial charge on any atom is 0.309 e. The van der Waals surface area contributed by atoms with Crippen LogP contribution in [0.1, 0.15) is 52.4 Å². The van der Waals surface area contributed by atoms with Crippen LogP contribution in [-0.4, -0.2) is 80.4 Å². The van der Waals surface area contributed by atoms with Crippen LogP contribution in [0.15, 0.2) is 95.6 Å². The smallest absolute Gasteiger partial charge is 0.309 e. The van der Waals surface area contributed by atoms with Crippen LogP contribution in [0, 0.1) is 35.2 Å². The molecule has 3 aliphatic heterocycles. The molecule has 0 unspecified atom stereocenters. The summed E-state index contributed by atoms with van der Waals surface area (Å²) in [5.41, 5.74) is 1.99. The van der Waals surface area contributed by atoms with Crippen LogP contribution in [0.4, 0.5) is 30.4 Å². The second-order valence-electron chi connectivity index (χ2n) is 14.3. The Morgan fingerprint density at radius 2 is 1.08 bits per heavy atom. The molecule has 3 fully saturated rings. The maximum atomic E-state index is 13.0. The number of anilines is 3. The molecule has 7 rings (SSSR count). The van der Waals surface area contributed by atoms with Crippen LogP contribution in [0.5, 0.6) is 5.75 Å². The summed E-state index contributed by atoms with van der Waals surface area (Å²) in [6.07, 6.45) is 6.24. The highest BCUT2D eigenvalue weighted by molar-refractivity contribution is 9.10. The summed E-state index contributed by atoms with van der Waals surface area (Å²) in [4.78, 5) is 43.3. The summed E-state index contributed by atoms with van der Waals surface area (Å²) >= 11 is 3.18. The van der Waals surface area contributed by atoms with Crippen molar-refractivity contribution in [1.82, 2.24) is 10.3 Å². The molecular formula is C45H55BrF3N5O6. The molecule has 1 amide bonds. The van der Waals surface area contributed by atoms with Crippen molar-refractivity contribution in [2.24, 2.45) is 17.8 Å². The summed E-state index contributed by atoms with van der Waals surface area (Å²) in [5.74, 6) is -0.227. The Labute approximate surface area is 358 Å². The normalized spacial score (nSPS) is 15.8. The van der Waals surface area contributed by atoms with E-state index < -0.39 is 0 Å². The Kier molecular flexibility index (Phi) is 20.2. The first-order valence-corrected chi connectivity index (χ1v) is 21.2. The lowest BCUT2D eigenvalue weighted by Gasteiger charge is -2.32. The third-order valence-electron chi connectivity index (χ3n) is 10.1. The van der Waals surface area contributed by atoms with Gasteiger partial charge in [-0.3, -0.25) is 14.4 Å². The maximum absolute atomic E-state index is 13.0. The van der Waals surface area contributed by atoms with Crippen LogP contribution in [0.25, 0.3) is 0 Å². The number of carbonyl (C=O) groups excluding carboxylic acids is 3. The summed E-state index contributed by atoms with van der Waals surface area (Å²) in [6, 6.07) is 22.1. The molecule has 0 aliphatic carbocycles. The largest absolute Gasteiger partial charge is 0.506 e. The molecule has 4 heterocycles. The number of hydrogen-bond donors (Lipinski definition) is 3. The van der Waals surface area contributed by atoms with Gasteiger partial charge >= 0.3 is 11.9 Å². The highest BCUT2D eigenvalue weighted by Gasteiger charge is 2.27. The molecule has 1 aromatic heterocycles. The van der Waals surface area contributed by atoms with Crippen molar-refractivity contribution < 1.29 is 42.1 Å². The Bertz CT molecular complexity index is 1850. The molecule has 0 spiro atoms. The molecule has 324 valence electrons. The number of ether oxygens (including phenoxy) is 2. The Balaban J connectivity index is 0.000000190. The van der Waals surface area contributed by atoms with E-state index in [1.165, 1.54) is 48.7 Å². The number of amides is 1. The van der Waals surface area contributed by atoms with Crippen molar-refractivity contribution in [2.75, 3.05) is 67.6 Å². The van der Waals surface area contributed by atoms with Gasteiger partial charge in [0.1, 0.15) is 29.0 Å². The predicted molar refractivity (Wildman–Crippen MR) is 230 cm³/mol. The first kappa shape index (κ1) is 47.5. The van der Waals surface area contributed by atoms with Gasteiger partial charge in [0.25, 0.3) is 0 Å². The molecule has 3 saturated heterocycles. The van der Waals surface area contributed by atoms with E-state index in [9.17, 15) is 32.7 Å². The van der Waals surface area contributed by atoms with E-state index in [0.29, 0.717) is 19.0 Å². The number of piperidine rings is 3. The van der Waals surface area contributed by atoms with Crippen LogP contribution < -0.4 is 20.4 Å². The van der Waals surface area contributed by atoms with Crippen molar-refractivity contribution in [3.05, 3.63) is 113 Å². The third-order valence-corrected chi connectivity index (χ3v) is 10.7. The molecule has 11 nitrogen and oxygen atoms in total. The summed E-state index contributed by atoms with van der Waals surface area (Å²) in [7, 11) is 0. The van der Waals surface area contributed by atoms with Crippen molar-refractivity contribution in [2.45, 2.75) is 52.4 Å². The summed E-state index contributed by atoms with van der Waals surface area (Å²) in [6.45, 7) is 9.65. The number of halogens is 4. The number of nitrogens with one attached hydrogen (secondary N) is 2. The predicted octanol–water partition coefficient (Wildman–Crippen LogP) is 8.52. The minimum atomic E-state index is -0.246. The van der Waals surface area contributed by atoms with Crippen LogP contribution >= 0.6 is 15.9 Å². The minimum Gasteiger partial charge on any atom is -0.506 e. The monoisotopic (exact) mass is 897 g/mol. The van der Waals surface area contributed by atoms with Crippen molar-refractivity contribution in [3.63, 3.8) is 0 Å². The second kappa shape index (κ2) is 25.5. The number of aromatic hydroxyl groups is 1. The van der Waals surface area contributed by atoms with Gasteiger partial charge in [-0.25, -0.2) is 18.2 Å². The van der Waals surface area contributed by atoms with Crippen LogP contribution in [0.2, 0.25) is 0 Å². The fourth-order valence-corrected chi connectivity index (χ4v) is 7.04. The number of carbonyl (C=O) groups is 3. The topological polar surface area (TPSA) is 133 Å². The molecule has 0 saturated carbocycles. The van der Waals surface area contributed by atoms with Gasteiger partial charge in [0, 0.05) is 47.9 Å².